The summed E-state index contributed by atoms with van der Waals surface area (Å²) < 4.78 is 16.2. The molecule has 2 heterocycles. The Balaban J connectivity index is 1.93. The average molecular weight is 365 g/mol. The summed E-state index contributed by atoms with van der Waals surface area (Å²) in [5, 5.41) is 0.469. The number of benzene rings is 2. The number of hydrogen-bond donors (Lipinski definition) is 0. The van der Waals surface area contributed by atoms with Gasteiger partial charge in [0.15, 0.2) is 5.43 Å². The number of para-hydroxylation sites is 1. The summed E-state index contributed by atoms with van der Waals surface area (Å²) in [5.41, 5.74) is 1.43. The van der Waals surface area contributed by atoms with Gasteiger partial charge >= 0.3 is 0 Å². The van der Waals surface area contributed by atoms with Gasteiger partial charge in [-0.15, -0.1) is 0 Å². The van der Waals surface area contributed by atoms with Gasteiger partial charge in [0.1, 0.15) is 11.3 Å². The highest BCUT2D eigenvalue weighted by atomic mass is 16.5. The van der Waals surface area contributed by atoms with Gasteiger partial charge in [-0.25, -0.2) is 0 Å². The first-order valence-corrected chi connectivity index (χ1v) is 8.65. The molecule has 0 fully saturated rings. The minimum absolute atomic E-state index is 0.107. The molecule has 6 heteroatoms. The van der Waals surface area contributed by atoms with Crippen molar-refractivity contribution in [1.29, 1.82) is 0 Å². The molecule has 27 heavy (non-hydrogen) atoms. The van der Waals surface area contributed by atoms with Crippen LogP contribution in [0.2, 0.25) is 0 Å². The van der Waals surface area contributed by atoms with Crippen LogP contribution in [0.1, 0.15) is 27.7 Å². The lowest BCUT2D eigenvalue weighted by molar-refractivity contribution is 0.0663. The summed E-state index contributed by atoms with van der Waals surface area (Å²) in [6.45, 7) is 0.714. The third kappa shape index (κ3) is 2.78. The zero-order chi connectivity index (χ0) is 19.0. The van der Waals surface area contributed by atoms with E-state index >= 15 is 0 Å². The fourth-order valence-corrected chi connectivity index (χ4v) is 3.52. The van der Waals surface area contributed by atoms with E-state index in [-0.39, 0.29) is 17.1 Å². The van der Waals surface area contributed by atoms with Crippen LogP contribution in [0.25, 0.3) is 11.0 Å². The van der Waals surface area contributed by atoms with Gasteiger partial charge in [-0.2, -0.15) is 0 Å². The lowest BCUT2D eigenvalue weighted by atomic mass is 9.98. The normalized spacial score (nSPS) is 16.0. The van der Waals surface area contributed by atoms with E-state index in [1.807, 2.05) is 24.3 Å². The van der Waals surface area contributed by atoms with E-state index in [2.05, 4.69) is 0 Å². The van der Waals surface area contributed by atoms with Crippen molar-refractivity contribution in [1.82, 2.24) is 4.90 Å². The molecule has 1 aliphatic rings. The van der Waals surface area contributed by atoms with E-state index in [0.717, 1.165) is 5.56 Å². The van der Waals surface area contributed by atoms with Crippen molar-refractivity contribution in [3.8, 4) is 5.75 Å². The topological polar surface area (TPSA) is 69.0 Å². The first-order valence-electron chi connectivity index (χ1n) is 8.65. The van der Waals surface area contributed by atoms with Crippen LogP contribution in [-0.2, 0) is 4.74 Å². The van der Waals surface area contributed by atoms with Crippen LogP contribution in [0, 0.1) is 0 Å². The molecule has 138 valence electrons. The van der Waals surface area contributed by atoms with Gasteiger partial charge < -0.3 is 18.8 Å². The zero-order valence-electron chi connectivity index (χ0n) is 15.1. The maximum atomic E-state index is 13.2. The standard InChI is InChI=1S/C21H19NO5/c1-25-12-11-22-18(13-7-9-14(26-2)10-8-13)17-19(23)15-5-3-4-6-16(15)27-20(17)21(22)24/h3-10,18H,11-12H2,1-2H3/t18-/m1/s1. The fourth-order valence-electron chi connectivity index (χ4n) is 3.52. The molecule has 0 saturated carbocycles. The van der Waals surface area contributed by atoms with E-state index in [1.54, 1.807) is 43.4 Å². The Bertz CT molecular complexity index is 1050. The minimum atomic E-state index is -0.519. The first kappa shape index (κ1) is 17.3. The Morgan fingerprint density at radius 1 is 1.04 bits per heavy atom. The van der Waals surface area contributed by atoms with E-state index in [1.165, 1.54) is 0 Å². The molecule has 3 aromatic rings. The highest BCUT2D eigenvalue weighted by Gasteiger charge is 2.42. The van der Waals surface area contributed by atoms with Crippen LogP contribution in [0.15, 0.2) is 57.7 Å². The number of rotatable bonds is 5. The quantitative estimate of drug-likeness (QED) is 0.695. The summed E-state index contributed by atoms with van der Waals surface area (Å²) in [4.78, 5) is 27.8. The second-order valence-electron chi connectivity index (χ2n) is 6.34. The highest BCUT2D eigenvalue weighted by molar-refractivity contribution is 5.99. The number of methoxy groups -OCH3 is 2. The lowest BCUT2D eigenvalue weighted by Crippen LogP contribution is -2.32. The van der Waals surface area contributed by atoms with Gasteiger partial charge in [0.05, 0.1) is 30.7 Å². The Morgan fingerprint density at radius 2 is 1.78 bits per heavy atom. The summed E-state index contributed by atoms with van der Waals surface area (Å²) in [6, 6.07) is 13.8. The third-order valence-corrected chi connectivity index (χ3v) is 4.84. The monoisotopic (exact) mass is 365 g/mol. The van der Waals surface area contributed by atoms with Crippen LogP contribution in [0.4, 0.5) is 0 Å². The van der Waals surface area contributed by atoms with Gasteiger partial charge in [0.2, 0.25) is 5.76 Å². The summed E-state index contributed by atoms with van der Waals surface area (Å²) in [7, 11) is 3.17. The van der Waals surface area contributed by atoms with Crippen LogP contribution < -0.4 is 10.2 Å². The van der Waals surface area contributed by atoms with E-state index < -0.39 is 6.04 Å². The molecule has 0 saturated heterocycles. The lowest BCUT2D eigenvalue weighted by Gasteiger charge is -2.24. The largest absolute Gasteiger partial charge is 0.497 e. The number of hydrogen-bond acceptors (Lipinski definition) is 5. The van der Waals surface area contributed by atoms with E-state index in [9.17, 15) is 9.59 Å². The summed E-state index contributed by atoms with van der Waals surface area (Å²) in [6.07, 6.45) is 0. The van der Waals surface area contributed by atoms with Crippen molar-refractivity contribution in [2.24, 2.45) is 0 Å². The molecule has 1 aliphatic heterocycles. The number of ether oxygens (including phenoxy) is 2. The van der Waals surface area contributed by atoms with Crippen molar-refractivity contribution in [3.63, 3.8) is 0 Å². The van der Waals surface area contributed by atoms with Crippen molar-refractivity contribution in [3.05, 3.63) is 75.6 Å². The molecule has 0 unspecified atom stereocenters. The molecule has 2 aromatic carbocycles. The highest BCUT2D eigenvalue weighted by Crippen LogP contribution is 2.38. The number of carbonyl (C=O) groups is 1. The average Bonchev–Trinajstić information content (AvgIpc) is 2.99. The summed E-state index contributed by atoms with van der Waals surface area (Å²) >= 11 is 0. The summed E-state index contributed by atoms with van der Waals surface area (Å²) in [5.74, 6) is 0.513. The fraction of sp³-hybridized carbons (Fsp3) is 0.238. The maximum Gasteiger partial charge on any atom is 0.290 e. The molecule has 0 N–H and O–H groups in total. The van der Waals surface area contributed by atoms with E-state index in [0.29, 0.717) is 35.4 Å². The molecular weight excluding hydrogens is 346 g/mol. The van der Waals surface area contributed by atoms with Gasteiger partial charge in [0, 0.05) is 13.7 Å². The van der Waals surface area contributed by atoms with Crippen LogP contribution >= 0.6 is 0 Å². The molecule has 1 atom stereocenters. The molecule has 0 spiro atoms. The number of amides is 1. The Morgan fingerprint density at radius 3 is 2.48 bits per heavy atom. The van der Waals surface area contributed by atoms with E-state index in [4.69, 9.17) is 13.9 Å². The van der Waals surface area contributed by atoms with Gasteiger partial charge in [-0.1, -0.05) is 24.3 Å². The predicted octanol–water partition coefficient (Wildman–Crippen LogP) is 2.99. The van der Waals surface area contributed by atoms with Crippen molar-refractivity contribution >= 4 is 16.9 Å². The van der Waals surface area contributed by atoms with Crippen LogP contribution in [-0.4, -0.2) is 38.2 Å². The molecule has 0 bridgehead atoms. The molecule has 4 rings (SSSR count). The Hall–Kier alpha value is -3.12. The third-order valence-electron chi connectivity index (χ3n) is 4.84. The van der Waals surface area contributed by atoms with Crippen molar-refractivity contribution in [2.75, 3.05) is 27.4 Å². The number of nitrogens with zero attached hydrogens (tertiary/aromatic N) is 1. The Kier molecular flexibility index (Phi) is 4.41. The van der Waals surface area contributed by atoms with Crippen molar-refractivity contribution < 1.29 is 18.7 Å². The van der Waals surface area contributed by atoms with Crippen molar-refractivity contribution in [2.45, 2.75) is 6.04 Å². The zero-order valence-corrected chi connectivity index (χ0v) is 15.1. The second kappa shape index (κ2) is 6.89. The van der Waals surface area contributed by atoms with Gasteiger partial charge in [0.25, 0.3) is 5.91 Å². The maximum absolute atomic E-state index is 13.2. The number of carbonyl (C=O) groups excluding carboxylic acids is 1. The van der Waals surface area contributed by atoms with Crippen LogP contribution in [0.5, 0.6) is 5.75 Å². The molecular formula is C21H19NO5. The molecule has 1 amide bonds. The first-order chi connectivity index (χ1) is 13.2. The van der Waals surface area contributed by atoms with Crippen LogP contribution in [0.3, 0.4) is 0 Å². The Labute approximate surface area is 155 Å². The van der Waals surface area contributed by atoms with Gasteiger partial charge in [-0.05, 0) is 29.8 Å². The number of fused-ring (bicyclic) bond motifs is 2. The molecule has 0 aliphatic carbocycles. The van der Waals surface area contributed by atoms with Gasteiger partial charge in [-0.3, -0.25) is 9.59 Å². The SMILES string of the molecule is COCCN1C(=O)c2oc3ccccc3c(=O)c2[C@H]1c1ccc(OC)cc1. The molecule has 1 aromatic heterocycles. The minimum Gasteiger partial charge on any atom is -0.497 e. The second-order valence-corrected chi connectivity index (χ2v) is 6.34. The molecule has 6 nitrogen and oxygen atoms in total. The smallest absolute Gasteiger partial charge is 0.290 e. The predicted molar refractivity (Wildman–Crippen MR) is 100 cm³/mol. The molecule has 0 radical (unpaired) electrons.